The summed E-state index contributed by atoms with van der Waals surface area (Å²) in [4.78, 5) is 16.1. The molecule has 0 fully saturated rings. The van der Waals surface area contributed by atoms with E-state index in [1.54, 1.807) is 29.2 Å². The predicted molar refractivity (Wildman–Crippen MR) is 92.2 cm³/mol. The first-order valence-electron chi connectivity index (χ1n) is 7.25. The number of benzene rings is 1. The van der Waals surface area contributed by atoms with E-state index in [0.29, 0.717) is 12.4 Å². The Morgan fingerprint density at radius 2 is 2.09 bits per heavy atom. The van der Waals surface area contributed by atoms with Crippen LogP contribution in [0.15, 0.2) is 60.2 Å². The van der Waals surface area contributed by atoms with Crippen LogP contribution >= 0.6 is 11.3 Å². The molecule has 0 atom stereocenters. The second kappa shape index (κ2) is 7.51. The first-order chi connectivity index (χ1) is 11.3. The molecule has 0 spiro atoms. The molecule has 1 amide bonds. The first kappa shape index (κ1) is 15.2. The Labute approximate surface area is 138 Å². The number of aromatic nitrogens is 3. The SMILES string of the molecule is O=C(/C=C\c1nccs1)Nc1ccnn1CCc1ccccc1. The number of anilines is 1. The minimum absolute atomic E-state index is 0.193. The van der Waals surface area contributed by atoms with Gasteiger partial charge in [0, 0.05) is 30.3 Å². The number of amides is 1. The maximum absolute atomic E-state index is 12.0. The molecule has 2 heterocycles. The summed E-state index contributed by atoms with van der Waals surface area (Å²) in [5, 5.41) is 9.78. The number of nitrogens with zero attached hydrogens (tertiary/aromatic N) is 3. The summed E-state index contributed by atoms with van der Waals surface area (Å²) in [5.41, 5.74) is 1.24. The van der Waals surface area contributed by atoms with Crippen molar-refractivity contribution >= 4 is 29.1 Å². The maximum atomic E-state index is 12.0. The molecule has 0 aliphatic rings. The second-order valence-electron chi connectivity index (χ2n) is 4.87. The summed E-state index contributed by atoms with van der Waals surface area (Å²) in [7, 11) is 0. The topological polar surface area (TPSA) is 59.8 Å². The van der Waals surface area contributed by atoms with Crippen molar-refractivity contribution in [3.63, 3.8) is 0 Å². The number of hydrogen-bond donors (Lipinski definition) is 1. The van der Waals surface area contributed by atoms with Crippen LogP contribution in [-0.4, -0.2) is 20.7 Å². The van der Waals surface area contributed by atoms with Crippen LogP contribution in [-0.2, 0) is 17.8 Å². The Kier molecular flexibility index (Phi) is 4.95. The number of hydrogen-bond acceptors (Lipinski definition) is 4. The summed E-state index contributed by atoms with van der Waals surface area (Å²) in [6, 6.07) is 12.0. The van der Waals surface area contributed by atoms with Gasteiger partial charge in [-0.1, -0.05) is 30.3 Å². The highest BCUT2D eigenvalue weighted by molar-refractivity contribution is 7.10. The third-order valence-corrected chi connectivity index (χ3v) is 3.99. The van der Waals surface area contributed by atoms with Crippen LogP contribution in [0, 0.1) is 0 Å². The molecule has 5 nitrogen and oxygen atoms in total. The monoisotopic (exact) mass is 324 g/mol. The van der Waals surface area contributed by atoms with Crippen molar-refractivity contribution in [3.05, 3.63) is 70.8 Å². The van der Waals surface area contributed by atoms with E-state index in [-0.39, 0.29) is 5.91 Å². The van der Waals surface area contributed by atoms with Crippen LogP contribution in [0.2, 0.25) is 0 Å². The molecule has 2 aromatic heterocycles. The molecule has 3 rings (SSSR count). The molecule has 1 N–H and O–H groups in total. The molecular weight excluding hydrogens is 308 g/mol. The third-order valence-electron chi connectivity index (χ3n) is 3.25. The number of nitrogens with one attached hydrogen (secondary N) is 1. The van der Waals surface area contributed by atoms with E-state index in [1.165, 1.54) is 23.0 Å². The summed E-state index contributed by atoms with van der Waals surface area (Å²) < 4.78 is 1.79. The van der Waals surface area contributed by atoms with Gasteiger partial charge in [-0.25, -0.2) is 9.67 Å². The Hall–Kier alpha value is -2.73. The van der Waals surface area contributed by atoms with Gasteiger partial charge in [0.2, 0.25) is 5.91 Å². The molecule has 23 heavy (non-hydrogen) atoms. The van der Waals surface area contributed by atoms with Crippen LogP contribution in [0.4, 0.5) is 5.82 Å². The van der Waals surface area contributed by atoms with E-state index >= 15 is 0 Å². The summed E-state index contributed by atoms with van der Waals surface area (Å²) in [5.74, 6) is 0.497. The maximum Gasteiger partial charge on any atom is 0.249 e. The van der Waals surface area contributed by atoms with Crippen LogP contribution in [0.5, 0.6) is 0 Å². The van der Waals surface area contributed by atoms with Crippen LogP contribution in [0.3, 0.4) is 0 Å². The third kappa shape index (κ3) is 4.37. The summed E-state index contributed by atoms with van der Waals surface area (Å²) >= 11 is 1.49. The molecule has 0 aliphatic carbocycles. The second-order valence-corrected chi connectivity index (χ2v) is 5.79. The van der Waals surface area contributed by atoms with Gasteiger partial charge in [0.05, 0.1) is 6.20 Å². The van der Waals surface area contributed by atoms with E-state index in [0.717, 1.165) is 11.4 Å². The Balaban J connectivity index is 1.58. The van der Waals surface area contributed by atoms with Gasteiger partial charge in [-0.05, 0) is 18.1 Å². The lowest BCUT2D eigenvalue weighted by molar-refractivity contribution is -0.111. The number of thiazole rings is 1. The van der Waals surface area contributed by atoms with Crippen molar-refractivity contribution < 1.29 is 4.79 Å². The Morgan fingerprint density at radius 3 is 2.87 bits per heavy atom. The van der Waals surface area contributed by atoms with E-state index in [4.69, 9.17) is 0 Å². The average Bonchev–Trinajstić information content (AvgIpc) is 3.24. The predicted octanol–water partition coefficient (Wildman–Crippen LogP) is 3.23. The van der Waals surface area contributed by atoms with Gasteiger partial charge in [0.15, 0.2) is 0 Å². The summed E-state index contributed by atoms with van der Waals surface area (Å²) in [6.07, 6.45) is 7.43. The van der Waals surface area contributed by atoms with E-state index in [9.17, 15) is 4.79 Å². The molecule has 116 valence electrons. The fourth-order valence-corrected chi connectivity index (χ4v) is 2.66. The molecule has 3 aromatic rings. The highest BCUT2D eigenvalue weighted by Crippen LogP contribution is 2.10. The standard InChI is InChI=1S/C17H16N4OS/c22-16(6-7-17-18-11-13-23-17)20-15-8-10-19-21(15)12-9-14-4-2-1-3-5-14/h1-8,10-11,13H,9,12H2,(H,20,22)/b7-6-. The lowest BCUT2D eigenvalue weighted by Crippen LogP contribution is -2.14. The molecular formula is C17H16N4OS. The van der Waals surface area contributed by atoms with Crippen molar-refractivity contribution in [3.8, 4) is 0 Å². The molecule has 0 aliphatic heterocycles. The zero-order valence-corrected chi connectivity index (χ0v) is 13.2. The normalized spacial score (nSPS) is 11.0. The molecule has 6 heteroatoms. The lowest BCUT2D eigenvalue weighted by atomic mass is 10.1. The van der Waals surface area contributed by atoms with Crippen LogP contribution in [0.1, 0.15) is 10.6 Å². The fourth-order valence-electron chi connectivity index (χ4n) is 2.13. The quantitative estimate of drug-likeness (QED) is 0.708. The molecule has 0 saturated heterocycles. The Morgan fingerprint density at radius 1 is 1.22 bits per heavy atom. The van der Waals surface area contributed by atoms with Crippen LogP contribution < -0.4 is 5.32 Å². The van der Waals surface area contributed by atoms with Gasteiger partial charge in [-0.15, -0.1) is 11.3 Å². The average molecular weight is 324 g/mol. The van der Waals surface area contributed by atoms with Crippen molar-refractivity contribution in [2.24, 2.45) is 0 Å². The fraction of sp³-hybridized carbons (Fsp3) is 0.118. The molecule has 1 aromatic carbocycles. The summed E-state index contributed by atoms with van der Waals surface area (Å²) in [6.45, 7) is 0.711. The number of aryl methyl sites for hydroxylation is 2. The molecule has 0 unspecified atom stereocenters. The van der Waals surface area contributed by atoms with Crippen molar-refractivity contribution in [2.75, 3.05) is 5.32 Å². The van der Waals surface area contributed by atoms with Gasteiger partial charge in [0.25, 0.3) is 0 Å². The molecule has 0 bridgehead atoms. The lowest BCUT2D eigenvalue weighted by Gasteiger charge is -2.07. The highest BCUT2D eigenvalue weighted by atomic mass is 32.1. The number of rotatable bonds is 6. The molecule has 0 radical (unpaired) electrons. The number of carbonyl (C=O) groups excluding carboxylic acids is 1. The van der Waals surface area contributed by atoms with E-state index in [1.807, 2.05) is 23.6 Å². The number of carbonyl (C=O) groups is 1. The molecule has 0 saturated carbocycles. The van der Waals surface area contributed by atoms with Crippen LogP contribution in [0.25, 0.3) is 6.08 Å². The van der Waals surface area contributed by atoms with Gasteiger partial charge in [-0.2, -0.15) is 5.10 Å². The zero-order valence-electron chi connectivity index (χ0n) is 12.4. The van der Waals surface area contributed by atoms with Crippen molar-refractivity contribution in [2.45, 2.75) is 13.0 Å². The van der Waals surface area contributed by atoms with Crippen molar-refractivity contribution in [1.29, 1.82) is 0 Å². The van der Waals surface area contributed by atoms with Crippen molar-refractivity contribution in [1.82, 2.24) is 14.8 Å². The minimum atomic E-state index is -0.193. The van der Waals surface area contributed by atoms with E-state index in [2.05, 4.69) is 27.5 Å². The van der Waals surface area contributed by atoms with Gasteiger partial charge >= 0.3 is 0 Å². The van der Waals surface area contributed by atoms with Gasteiger partial charge < -0.3 is 5.32 Å². The van der Waals surface area contributed by atoms with Gasteiger partial charge in [-0.3, -0.25) is 4.79 Å². The Bertz CT molecular complexity index is 778. The highest BCUT2D eigenvalue weighted by Gasteiger charge is 2.05. The largest absolute Gasteiger partial charge is 0.307 e. The smallest absolute Gasteiger partial charge is 0.249 e. The zero-order chi connectivity index (χ0) is 15.9. The first-order valence-corrected chi connectivity index (χ1v) is 8.13. The minimum Gasteiger partial charge on any atom is -0.307 e. The van der Waals surface area contributed by atoms with E-state index < -0.39 is 0 Å². The van der Waals surface area contributed by atoms with Gasteiger partial charge in [0.1, 0.15) is 10.8 Å².